The zero-order valence-corrected chi connectivity index (χ0v) is 19.7. The van der Waals surface area contributed by atoms with E-state index >= 15 is 0 Å². The van der Waals surface area contributed by atoms with E-state index in [2.05, 4.69) is 4.90 Å². The van der Waals surface area contributed by atoms with Crippen molar-refractivity contribution < 1.29 is 37.3 Å². The Hall–Kier alpha value is -3.04. The van der Waals surface area contributed by atoms with Crippen molar-refractivity contribution in [3.63, 3.8) is 0 Å². The van der Waals surface area contributed by atoms with Gasteiger partial charge in [-0.15, -0.1) is 0 Å². The Morgan fingerprint density at radius 2 is 1.77 bits per heavy atom. The number of alkyl halides is 3. The van der Waals surface area contributed by atoms with Gasteiger partial charge in [-0.05, 0) is 60.9 Å². The highest BCUT2D eigenvalue weighted by molar-refractivity contribution is 5.87. The molecule has 2 aromatic carbocycles. The second kappa shape index (κ2) is 9.91. The summed E-state index contributed by atoms with van der Waals surface area (Å²) < 4.78 is 56.7. The number of carbonyl (C=O) groups is 1. The third-order valence-corrected chi connectivity index (χ3v) is 6.17. The molecule has 0 aromatic heterocycles. The van der Waals surface area contributed by atoms with Gasteiger partial charge in [-0.2, -0.15) is 13.2 Å². The van der Waals surface area contributed by atoms with Crippen LogP contribution < -0.4 is 9.47 Å². The summed E-state index contributed by atoms with van der Waals surface area (Å²) >= 11 is 0. The summed E-state index contributed by atoms with van der Waals surface area (Å²) in [7, 11) is 0. The van der Waals surface area contributed by atoms with Gasteiger partial charge in [0.2, 0.25) is 0 Å². The number of aliphatic carboxylic acids is 1. The Bertz CT molecular complexity index is 1100. The van der Waals surface area contributed by atoms with Crippen molar-refractivity contribution in [2.24, 2.45) is 5.41 Å². The minimum absolute atomic E-state index is 0.0397. The normalized spacial score (nSPS) is 17.1. The molecule has 188 valence electrons. The van der Waals surface area contributed by atoms with Gasteiger partial charge in [-0.25, -0.2) is 0 Å². The molecule has 2 aromatic rings. The second-order valence-corrected chi connectivity index (χ2v) is 9.37. The van der Waals surface area contributed by atoms with Gasteiger partial charge in [-0.3, -0.25) is 9.69 Å². The van der Waals surface area contributed by atoms with Crippen molar-refractivity contribution in [3.8, 4) is 11.5 Å². The molecule has 0 amide bonds. The predicted octanol–water partition coefficient (Wildman–Crippen LogP) is 4.72. The quantitative estimate of drug-likeness (QED) is 0.605. The Morgan fingerprint density at radius 3 is 2.40 bits per heavy atom. The number of hydrogen-bond acceptors (Lipinski definition) is 5. The van der Waals surface area contributed by atoms with Gasteiger partial charge in [0.1, 0.15) is 24.7 Å². The molecule has 0 bridgehead atoms. The first-order chi connectivity index (χ1) is 16.5. The number of benzene rings is 2. The van der Waals surface area contributed by atoms with Crippen LogP contribution in [0.2, 0.25) is 0 Å². The molecule has 2 aliphatic rings. The van der Waals surface area contributed by atoms with Crippen molar-refractivity contribution in [2.75, 3.05) is 46.1 Å². The van der Waals surface area contributed by atoms with Crippen molar-refractivity contribution in [3.05, 3.63) is 64.7 Å². The van der Waals surface area contributed by atoms with E-state index in [4.69, 9.17) is 14.2 Å². The average molecular weight is 492 g/mol. The maximum absolute atomic E-state index is 13.2. The first kappa shape index (κ1) is 25.1. The first-order valence-electron chi connectivity index (χ1n) is 11.4. The topological polar surface area (TPSA) is 68.2 Å². The Labute approximate surface area is 201 Å². The summed E-state index contributed by atoms with van der Waals surface area (Å²) in [6.07, 6.45) is -4.42. The van der Waals surface area contributed by atoms with Crippen molar-refractivity contribution >= 4 is 11.5 Å². The van der Waals surface area contributed by atoms with E-state index in [0.29, 0.717) is 49.0 Å². The van der Waals surface area contributed by atoms with E-state index in [-0.39, 0.29) is 6.61 Å². The summed E-state index contributed by atoms with van der Waals surface area (Å²) in [6, 6.07) is 10.3. The molecule has 1 saturated heterocycles. The van der Waals surface area contributed by atoms with Crippen LogP contribution in [0, 0.1) is 5.41 Å². The van der Waals surface area contributed by atoms with Crippen molar-refractivity contribution in [1.82, 2.24) is 4.90 Å². The van der Waals surface area contributed by atoms with Gasteiger partial charge in [0.05, 0.1) is 24.2 Å². The maximum atomic E-state index is 13.2. The number of morpholine rings is 1. The molecule has 6 nitrogen and oxygen atoms in total. The molecule has 0 radical (unpaired) electrons. The number of hydrogen-bond donors (Lipinski definition) is 1. The van der Waals surface area contributed by atoms with Crippen LogP contribution >= 0.6 is 0 Å². The molecule has 0 unspecified atom stereocenters. The molecule has 0 atom stereocenters. The fraction of sp³-hybridized carbons (Fsp3) is 0.423. The Morgan fingerprint density at radius 1 is 1.09 bits per heavy atom. The van der Waals surface area contributed by atoms with Gasteiger partial charge in [-0.1, -0.05) is 12.1 Å². The molecule has 0 saturated carbocycles. The Kier molecular flexibility index (Phi) is 7.10. The molecule has 1 fully saturated rings. The van der Waals surface area contributed by atoms with Gasteiger partial charge in [0.15, 0.2) is 0 Å². The third-order valence-electron chi connectivity index (χ3n) is 6.17. The fourth-order valence-corrected chi connectivity index (χ4v) is 4.01. The summed E-state index contributed by atoms with van der Waals surface area (Å²) in [4.78, 5) is 13.7. The van der Waals surface area contributed by atoms with E-state index in [1.54, 1.807) is 32.0 Å². The highest BCUT2D eigenvalue weighted by Gasteiger charge is 2.31. The van der Waals surface area contributed by atoms with Crippen LogP contribution in [0.4, 0.5) is 13.2 Å². The number of rotatable bonds is 7. The van der Waals surface area contributed by atoms with E-state index in [9.17, 15) is 23.1 Å². The summed E-state index contributed by atoms with van der Waals surface area (Å²) in [5, 5.41) is 9.37. The molecule has 9 heteroatoms. The highest BCUT2D eigenvalue weighted by Crippen LogP contribution is 2.41. The number of carboxylic acids is 1. The molecular weight excluding hydrogens is 463 g/mol. The lowest BCUT2D eigenvalue weighted by Crippen LogP contribution is -2.38. The Balaban J connectivity index is 1.72. The largest absolute Gasteiger partial charge is 0.492 e. The van der Waals surface area contributed by atoms with E-state index < -0.39 is 23.1 Å². The summed E-state index contributed by atoms with van der Waals surface area (Å²) in [6.45, 7) is 6.77. The van der Waals surface area contributed by atoms with Crippen LogP contribution in [0.5, 0.6) is 11.5 Å². The SMILES string of the molecule is CC(C)(COc1ccc2c(c1)C(c1ccc(C(F)(F)F)cc1)=C(CN1CCOCC1)CO2)C(=O)O. The predicted molar refractivity (Wildman–Crippen MR) is 124 cm³/mol. The van der Waals surface area contributed by atoms with Crippen LogP contribution in [-0.4, -0.2) is 62.0 Å². The molecule has 0 aliphatic carbocycles. The molecule has 2 heterocycles. The van der Waals surface area contributed by atoms with Crippen LogP contribution in [0.25, 0.3) is 5.57 Å². The zero-order chi connectivity index (χ0) is 25.2. The number of carboxylic acid groups (broad SMARTS) is 1. The monoisotopic (exact) mass is 491 g/mol. The van der Waals surface area contributed by atoms with Gasteiger partial charge in [0.25, 0.3) is 0 Å². The average Bonchev–Trinajstić information content (AvgIpc) is 2.82. The molecule has 1 N–H and O–H groups in total. The second-order valence-electron chi connectivity index (χ2n) is 9.37. The zero-order valence-electron chi connectivity index (χ0n) is 19.7. The maximum Gasteiger partial charge on any atom is 0.416 e. The third kappa shape index (κ3) is 5.79. The lowest BCUT2D eigenvalue weighted by atomic mass is 9.89. The van der Waals surface area contributed by atoms with Crippen molar-refractivity contribution in [2.45, 2.75) is 20.0 Å². The standard InChI is InChI=1S/C26H28F3NO5/c1-25(2,24(31)32)16-35-20-7-8-22-21(13-20)23(17-3-5-19(6-4-17)26(27,28)29)18(15-34-22)14-30-9-11-33-12-10-30/h3-8,13H,9-12,14-16H2,1-2H3,(H,31,32). The number of fused-ring (bicyclic) bond motifs is 1. The molecule has 35 heavy (non-hydrogen) atoms. The lowest BCUT2D eigenvalue weighted by Gasteiger charge is -2.31. The fourth-order valence-electron chi connectivity index (χ4n) is 4.01. The lowest BCUT2D eigenvalue weighted by molar-refractivity contribution is -0.148. The van der Waals surface area contributed by atoms with Gasteiger partial charge in [0, 0.05) is 25.2 Å². The van der Waals surface area contributed by atoms with E-state index in [1.165, 1.54) is 12.1 Å². The molecule has 4 rings (SSSR count). The molecule has 2 aliphatic heterocycles. The summed E-state index contributed by atoms with van der Waals surface area (Å²) in [5.41, 5.74) is 1.30. The van der Waals surface area contributed by atoms with Crippen LogP contribution in [0.3, 0.4) is 0 Å². The van der Waals surface area contributed by atoms with Crippen LogP contribution in [0.1, 0.15) is 30.5 Å². The van der Waals surface area contributed by atoms with Crippen LogP contribution in [-0.2, 0) is 15.7 Å². The minimum atomic E-state index is -4.42. The minimum Gasteiger partial charge on any atom is -0.492 e. The number of nitrogens with zero attached hydrogens (tertiary/aromatic N) is 1. The van der Waals surface area contributed by atoms with Gasteiger partial charge < -0.3 is 19.3 Å². The molecular formula is C26H28F3NO5. The highest BCUT2D eigenvalue weighted by atomic mass is 19.4. The number of ether oxygens (including phenoxy) is 3. The van der Waals surface area contributed by atoms with Gasteiger partial charge >= 0.3 is 12.1 Å². The smallest absolute Gasteiger partial charge is 0.416 e. The number of halogens is 3. The first-order valence-corrected chi connectivity index (χ1v) is 11.4. The van der Waals surface area contributed by atoms with E-state index in [1.807, 2.05) is 0 Å². The van der Waals surface area contributed by atoms with Crippen LogP contribution in [0.15, 0.2) is 48.0 Å². The molecule has 0 spiro atoms. The van der Waals surface area contributed by atoms with Crippen molar-refractivity contribution in [1.29, 1.82) is 0 Å². The van der Waals surface area contributed by atoms with E-state index in [0.717, 1.165) is 36.4 Å². The summed E-state index contributed by atoms with van der Waals surface area (Å²) in [5.74, 6) is 0.0751.